The zero-order valence-electron chi connectivity index (χ0n) is 14.9. The number of carbonyl (C=O) groups excluding carboxylic acids is 1. The molecule has 2 aromatic heterocycles. The first-order valence-corrected chi connectivity index (χ1v) is 10.2. The van der Waals surface area contributed by atoms with Crippen molar-refractivity contribution in [3.63, 3.8) is 0 Å². The average Bonchev–Trinajstić information content (AvgIpc) is 3.48. The molecule has 0 spiro atoms. The fourth-order valence-electron chi connectivity index (χ4n) is 3.21. The Balaban J connectivity index is 1.27. The lowest BCUT2D eigenvalue weighted by atomic mass is 10.1. The van der Waals surface area contributed by atoms with Crippen LogP contribution >= 0.6 is 23.4 Å². The summed E-state index contributed by atoms with van der Waals surface area (Å²) in [5.74, 6) is 1.98. The highest BCUT2D eigenvalue weighted by Crippen LogP contribution is 2.32. The van der Waals surface area contributed by atoms with E-state index in [1.165, 1.54) is 11.8 Å². The molecule has 4 heterocycles. The van der Waals surface area contributed by atoms with Crippen LogP contribution in [-0.2, 0) is 10.5 Å². The molecule has 11 heteroatoms. The minimum atomic E-state index is -0.364. The van der Waals surface area contributed by atoms with E-state index in [2.05, 4.69) is 26.1 Å². The molecular weight excluding hydrogens is 416 g/mol. The largest absolute Gasteiger partial charge is 0.468 e. The van der Waals surface area contributed by atoms with Crippen LogP contribution in [0, 0.1) is 0 Å². The van der Waals surface area contributed by atoms with Gasteiger partial charge in [-0.3, -0.25) is 9.80 Å². The first-order valence-electron chi connectivity index (χ1n) is 8.85. The first kappa shape index (κ1) is 18.2. The van der Waals surface area contributed by atoms with E-state index in [4.69, 9.17) is 20.5 Å². The molecule has 3 aromatic rings. The Kier molecular flexibility index (Phi) is 4.74. The van der Waals surface area contributed by atoms with E-state index in [1.54, 1.807) is 23.4 Å². The number of rotatable bonds is 4. The summed E-state index contributed by atoms with van der Waals surface area (Å²) in [6.45, 7) is 0. The third kappa shape index (κ3) is 3.61. The van der Waals surface area contributed by atoms with Crippen molar-refractivity contribution in [2.75, 3.05) is 0 Å². The van der Waals surface area contributed by atoms with Crippen LogP contribution in [0.5, 0.6) is 0 Å². The smallest absolute Gasteiger partial charge is 0.264 e. The summed E-state index contributed by atoms with van der Waals surface area (Å²) in [4.78, 5) is 16.6. The number of aromatic nitrogens is 2. The van der Waals surface area contributed by atoms with E-state index in [9.17, 15) is 4.79 Å². The molecule has 2 N–H and O–H groups in total. The fraction of sp³-hybridized carbons (Fsp3) is 0.222. The molecule has 9 nitrogen and oxygen atoms in total. The topological polar surface area (TPSA) is 109 Å². The van der Waals surface area contributed by atoms with Gasteiger partial charge in [-0.25, -0.2) is 10.9 Å². The number of nitrogens with one attached hydrogen (secondary N) is 2. The lowest BCUT2D eigenvalue weighted by Gasteiger charge is -2.28. The third-order valence-electron chi connectivity index (χ3n) is 4.62. The minimum absolute atomic E-state index is 0.0930. The SMILES string of the molecule is O=C1NN=C(SCc2nc(-c3ccc(Cl)cc3)no2)N2NC(c3ccco3)CC12. The molecule has 29 heavy (non-hydrogen) atoms. The van der Waals surface area contributed by atoms with Crippen molar-refractivity contribution in [2.24, 2.45) is 5.10 Å². The van der Waals surface area contributed by atoms with Gasteiger partial charge in [-0.1, -0.05) is 28.5 Å². The Labute approximate surface area is 174 Å². The van der Waals surface area contributed by atoms with Gasteiger partial charge >= 0.3 is 0 Å². The summed E-state index contributed by atoms with van der Waals surface area (Å²) in [5, 5.41) is 11.2. The Morgan fingerprint density at radius 2 is 2.14 bits per heavy atom. The number of carbonyl (C=O) groups is 1. The predicted octanol–water partition coefficient (Wildman–Crippen LogP) is 2.94. The molecule has 0 radical (unpaired) electrons. The molecule has 0 saturated carbocycles. The normalized spacial score (nSPS) is 21.1. The van der Waals surface area contributed by atoms with Gasteiger partial charge in [0.05, 0.1) is 18.1 Å². The fourth-order valence-corrected chi connectivity index (χ4v) is 4.14. The van der Waals surface area contributed by atoms with Crippen LogP contribution in [0.1, 0.15) is 24.1 Å². The molecule has 1 amide bonds. The summed E-state index contributed by atoms with van der Waals surface area (Å²) >= 11 is 7.30. The van der Waals surface area contributed by atoms with Crippen LogP contribution in [0.25, 0.3) is 11.4 Å². The van der Waals surface area contributed by atoms with Crippen LogP contribution in [0.3, 0.4) is 0 Å². The van der Waals surface area contributed by atoms with Gasteiger partial charge < -0.3 is 8.94 Å². The number of hydrogen-bond donors (Lipinski definition) is 2. The number of amidine groups is 1. The number of benzene rings is 1. The number of furan rings is 1. The number of hydrogen-bond acceptors (Lipinski definition) is 9. The molecule has 0 bridgehead atoms. The second-order valence-corrected chi connectivity index (χ2v) is 7.88. The Morgan fingerprint density at radius 1 is 1.28 bits per heavy atom. The zero-order chi connectivity index (χ0) is 19.8. The van der Waals surface area contributed by atoms with Crippen molar-refractivity contribution in [1.29, 1.82) is 0 Å². The highest BCUT2D eigenvalue weighted by atomic mass is 35.5. The van der Waals surface area contributed by atoms with E-state index in [0.29, 0.717) is 34.1 Å². The van der Waals surface area contributed by atoms with Crippen molar-refractivity contribution >= 4 is 34.4 Å². The number of halogens is 1. The third-order valence-corrected chi connectivity index (χ3v) is 5.81. The van der Waals surface area contributed by atoms with Gasteiger partial charge in [0, 0.05) is 17.0 Å². The van der Waals surface area contributed by atoms with Crippen LogP contribution in [0.15, 0.2) is 56.7 Å². The maximum Gasteiger partial charge on any atom is 0.264 e. The number of fused-ring (bicyclic) bond motifs is 1. The molecule has 1 aromatic carbocycles. The van der Waals surface area contributed by atoms with E-state index in [1.807, 2.05) is 24.3 Å². The van der Waals surface area contributed by atoms with E-state index < -0.39 is 0 Å². The van der Waals surface area contributed by atoms with Gasteiger partial charge in [-0.05, 0) is 36.4 Å². The van der Waals surface area contributed by atoms with Gasteiger partial charge in [-0.15, -0.1) is 5.10 Å². The molecule has 2 atom stereocenters. The van der Waals surface area contributed by atoms with Crippen LogP contribution in [0.4, 0.5) is 0 Å². The predicted molar refractivity (Wildman–Crippen MR) is 106 cm³/mol. The van der Waals surface area contributed by atoms with Gasteiger partial charge in [0.1, 0.15) is 11.8 Å². The first-order chi connectivity index (χ1) is 14.2. The van der Waals surface area contributed by atoms with Crippen molar-refractivity contribution in [3.8, 4) is 11.4 Å². The molecule has 2 aliphatic rings. The molecule has 148 valence electrons. The molecular formula is C18H15ClN6O3S. The van der Waals surface area contributed by atoms with Crippen LogP contribution in [-0.4, -0.2) is 32.3 Å². The average molecular weight is 431 g/mol. The second-order valence-electron chi connectivity index (χ2n) is 6.50. The highest BCUT2D eigenvalue weighted by molar-refractivity contribution is 8.13. The van der Waals surface area contributed by atoms with Crippen molar-refractivity contribution in [2.45, 2.75) is 24.3 Å². The van der Waals surface area contributed by atoms with E-state index >= 15 is 0 Å². The molecule has 5 rings (SSSR count). The Bertz CT molecular complexity index is 1050. The van der Waals surface area contributed by atoms with E-state index in [-0.39, 0.29) is 18.0 Å². The number of thioether (sulfide) groups is 1. The summed E-state index contributed by atoms with van der Waals surface area (Å²) in [7, 11) is 0. The summed E-state index contributed by atoms with van der Waals surface area (Å²) in [6, 6.07) is 10.5. The van der Waals surface area contributed by atoms with Gasteiger partial charge in [0.15, 0.2) is 5.17 Å². The maximum absolute atomic E-state index is 12.2. The Hall–Kier alpha value is -2.82. The van der Waals surface area contributed by atoms with Crippen LogP contribution in [0.2, 0.25) is 5.02 Å². The second kappa shape index (κ2) is 7.54. The van der Waals surface area contributed by atoms with Gasteiger partial charge in [-0.2, -0.15) is 4.98 Å². The van der Waals surface area contributed by atoms with Crippen molar-refractivity contribution in [1.82, 2.24) is 26.0 Å². The van der Waals surface area contributed by atoms with Crippen LogP contribution < -0.4 is 10.9 Å². The van der Waals surface area contributed by atoms with Crippen molar-refractivity contribution < 1.29 is 13.7 Å². The summed E-state index contributed by atoms with van der Waals surface area (Å²) < 4.78 is 10.8. The number of hydrazine groups is 1. The molecule has 0 aliphatic carbocycles. The summed E-state index contributed by atoms with van der Waals surface area (Å²) in [6.07, 6.45) is 2.20. The van der Waals surface area contributed by atoms with E-state index in [0.717, 1.165) is 11.3 Å². The highest BCUT2D eigenvalue weighted by Gasteiger charge is 2.42. The lowest BCUT2D eigenvalue weighted by molar-refractivity contribution is -0.125. The van der Waals surface area contributed by atoms with Gasteiger partial charge in [0.25, 0.3) is 5.91 Å². The summed E-state index contributed by atoms with van der Waals surface area (Å²) in [5.41, 5.74) is 6.69. The monoisotopic (exact) mass is 430 g/mol. The minimum Gasteiger partial charge on any atom is -0.468 e. The molecule has 1 fully saturated rings. The molecule has 2 unspecified atom stereocenters. The standard InChI is InChI=1S/C18H15ClN6O3S/c19-11-5-3-10(4-6-11)16-20-15(28-24-16)9-29-18-22-21-17(26)13-8-12(23-25(13)18)14-2-1-7-27-14/h1-7,12-13,23H,8-9H2,(H,21,26). The molecule has 1 saturated heterocycles. The Morgan fingerprint density at radius 3 is 2.93 bits per heavy atom. The quantitative estimate of drug-likeness (QED) is 0.650. The lowest BCUT2D eigenvalue weighted by Crippen LogP contribution is -2.52. The zero-order valence-corrected chi connectivity index (χ0v) is 16.5. The van der Waals surface area contributed by atoms with Gasteiger partial charge in [0.2, 0.25) is 11.7 Å². The number of amides is 1. The number of hydrazone groups is 1. The number of nitrogens with zero attached hydrogens (tertiary/aromatic N) is 4. The maximum atomic E-state index is 12.2. The van der Waals surface area contributed by atoms with Crippen molar-refractivity contribution in [3.05, 3.63) is 59.3 Å². The molecule has 2 aliphatic heterocycles.